The maximum Gasteiger partial charge on any atom is 0.269 e. The fourth-order valence-electron chi connectivity index (χ4n) is 4.84. The summed E-state index contributed by atoms with van der Waals surface area (Å²) in [5.74, 6) is 1.66. The molecular weight excluding hydrogens is 476 g/mol. The van der Waals surface area contributed by atoms with E-state index in [0.717, 1.165) is 36.5 Å². The number of rotatable bonds is 5. The second-order valence-corrected chi connectivity index (χ2v) is 10.9. The molecule has 36 heavy (non-hydrogen) atoms. The summed E-state index contributed by atoms with van der Waals surface area (Å²) >= 11 is 0. The van der Waals surface area contributed by atoms with Crippen LogP contribution in [0.15, 0.2) is 66.0 Å². The molecule has 0 aliphatic heterocycles. The largest absolute Gasteiger partial charge is 0.367 e. The van der Waals surface area contributed by atoms with Crippen LogP contribution >= 0.6 is 0 Å². The van der Waals surface area contributed by atoms with Gasteiger partial charge in [-0.2, -0.15) is 5.26 Å². The first-order chi connectivity index (χ1) is 17.4. The summed E-state index contributed by atoms with van der Waals surface area (Å²) in [6.07, 6.45) is 7.31. The predicted octanol–water partition coefficient (Wildman–Crippen LogP) is 3.64. The third kappa shape index (κ3) is 3.67. The average Bonchev–Trinajstić information content (AvgIpc) is 3.62. The Morgan fingerprint density at radius 3 is 2.61 bits per heavy atom. The van der Waals surface area contributed by atoms with Gasteiger partial charge >= 0.3 is 0 Å². The lowest BCUT2D eigenvalue weighted by atomic mass is 10.1. The van der Waals surface area contributed by atoms with Crippen LogP contribution in [0.25, 0.3) is 16.8 Å². The Balaban J connectivity index is 1.32. The molecule has 4 heterocycles. The maximum absolute atomic E-state index is 13.3. The minimum absolute atomic E-state index is 0.138. The molecule has 11 heteroatoms. The number of pyridine rings is 1. The monoisotopic (exact) mass is 498 g/mol. The number of nitrogens with one attached hydrogen (secondary N) is 1. The number of aryl methyl sites for hydroxylation is 1. The van der Waals surface area contributed by atoms with Crippen LogP contribution in [0.2, 0.25) is 0 Å². The van der Waals surface area contributed by atoms with Crippen LogP contribution in [0.3, 0.4) is 0 Å². The molecule has 0 spiro atoms. The van der Waals surface area contributed by atoms with E-state index in [2.05, 4.69) is 31.6 Å². The highest BCUT2D eigenvalue weighted by atomic mass is 32.2. The molecule has 4 aromatic heterocycles. The topological polar surface area (TPSA) is 131 Å². The van der Waals surface area contributed by atoms with Crippen molar-refractivity contribution in [1.82, 2.24) is 28.5 Å². The number of hydrogen-bond acceptors (Lipinski definition) is 8. The second kappa shape index (κ2) is 8.42. The molecule has 1 aromatic carbocycles. The maximum atomic E-state index is 13.3. The van der Waals surface area contributed by atoms with Crippen LogP contribution < -0.4 is 5.32 Å². The molecule has 5 aromatic rings. The summed E-state index contributed by atoms with van der Waals surface area (Å²) in [5.41, 5.74) is 3.06. The fraction of sp³-hybridized carbons (Fsp3) is 0.240. The van der Waals surface area contributed by atoms with E-state index in [0.29, 0.717) is 22.4 Å². The van der Waals surface area contributed by atoms with Gasteiger partial charge in [0, 0.05) is 24.4 Å². The summed E-state index contributed by atoms with van der Waals surface area (Å²) in [5, 5.41) is 21.2. The van der Waals surface area contributed by atoms with E-state index in [1.165, 1.54) is 10.2 Å². The second-order valence-electron chi connectivity index (χ2n) is 9.04. The minimum atomic E-state index is -3.81. The number of fused-ring (bicyclic) bond motifs is 3. The standard InChI is InChI=1S/C25H22N8O2S/c1-16-2-7-20(8-3-16)36(34,35)32-11-10-21-25(32)28-15-23-30-31-24(33(21)23)18-5-6-19(12-18)29-22-9-4-17(13-26)14-27-22/h2-4,7-11,14-15,18-19H,5-6,12H2,1H3,(H,27,29)/t18-,19+/m0/s1. The highest BCUT2D eigenvalue weighted by molar-refractivity contribution is 7.90. The van der Waals surface area contributed by atoms with E-state index < -0.39 is 10.0 Å². The van der Waals surface area contributed by atoms with Gasteiger partial charge in [0.05, 0.1) is 22.2 Å². The van der Waals surface area contributed by atoms with Gasteiger partial charge in [-0.05, 0) is 56.5 Å². The normalized spacial score (nSPS) is 18.0. The minimum Gasteiger partial charge on any atom is -0.367 e. The summed E-state index contributed by atoms with van der Waals surface area (Å²) in [4.78, 5) is 8.94. The molecule has 180 valence electrons. The van der Waals surface area contributed by atoms with Gasteiger partial charge in [-0.1, -0.05) is 17.7 Å². The van der Waals surface area contributed by atoms with Crippen LogP contribution in [-0.4, -0.2) is 43.0 Å². The van der Waals surface area contributed by atoms with Crippen molar-refractivity contribution in [2.75, 3.05) is 5.32 Å². The van der Waals surface area contributed by atoms with Crippen LogP contribution in [-0.2, 0) is 10.0 Å². The molecule has 0 saturated heterocycles. The highest BCUT2D eigenvalue weighted by Crippen LogP contribution is 2.36. The van der Waals surface area contributed by atoms with Crippen molar-refractivity contribution in [3.8, 4) is 6.07 Å². The van der Waals surface area contributed by atoms with Crippen molar-refractivity contribution < 1.29 is 8.42 Å². The number of anilines is 1. The van der Waals surface area contributed by atoms with E-state index >= 15 is 0 Å². The van der Waals surface area contributed by atoms with Crippen LogP contribution in [0, 0.1) is 18.3 Å². The average molecular weight is 499 g/mol. The number of hydrogen-bond donors (Lipinski definition) is 1. The Morgan fingerprint density at radius 2 is 1.86 bits per heavy atom. The lowest BCUT2D eigenvalue weighted by Crippen LogP contribution is -2.16. The van der Waals surface area contributed by atoms with Crippen LogP contribution in [0.1, 0.15) is 42.1 Å². The first kappa shape index (κ1) is 22.2. The van der Waals surface area contributed by atoms with Gasteiger partial charge in [0.25, 0.3) is 10.0 Å². The molecule has 2 atom stereocenters. The summed E-state index contributed by atoms with van der Waals surface area (Å²) in [6, 6.07) is 14.3. The molecule has 0 bridgehead atoms. The first-order valence-electron chi connectivity index (χ1n) is 11.6. The molecule has 10 nitrogen and oxygen atoms in total. The fourth-order valence-corrected chi connectivity index (χ4v) is 6.13. The number of nitrogens with zero attached hydrogens (tertiary/aromatic N) is 7. The van der Waals surface area contributed by atoms with E-state index in [9.17, 15) is 8.42 Å². The molecule has 1 aliphatic carbocycles. The van der Waals surface area contributed by atoms with Crippen molar-refractivity contribution in [2.45, 2.75) is 43.0 Å². The number of nitriles is 1. The van der Waals surface area contributed by atoms with Gasteiger partial charge in [-0.15, -0.1) is 10.2 Å². The summed E-state index contributed by atoms with van der Waals surface area (Å²) in [7, 11) is -3.81. The van der Waals surface area contributed by atoms with E-state index in [1.807, 2.05) is 17.4 Å². The van der Waals surface area contributed by atoms with Crippen molar-refractivity contribution in [1.29, 1.82) is 5.26 Å². The first-order valence-corrected chi connectivity index (χ1v) is 13.0. The zero-order valence-corrected chi connectivity index (χ0v) is 20.2. The Bertz CT molecular complexity index is 1730. The lowest BCUT2D eigenvalue weighted by Gasteiger charge is -2.13. The lowest BCUT2D eigenvalue weighted by molar-refractivity contribution is 0.588. The van der Waals surface area contributed by atoms with Crippen molar-refractivity contribution in [3.05, 3.63) is 78.0 Å². The third-order valence-electron chi connectivity index (χ3n) is 6.68. The van der Waals surface area contributed by atoms with E-state index in [-0.39, 0.29) is 16.9 Å². The summed E-state index contributed by atoms with van der Waals surface area (Å²) in [6.45, 7) is 1.91. The number of aromatic nitrogens is 6. The summed E-state index contributed by atoms with van der Waals surface area (Å²) < 4.78 is 29.8. The molecule has 0 unspecified atom stereocenters. The van der Waals surface area contributed by atoms with Gasteiger partial charge in [0.2, 0.25) is 0 Å². The van der Waals surface area contributed by atoms with E-state index in [4.69, 9.17) is 5.26 Å². The van der Waals surface area contributed by atoms with Gasteiger partial charge < -0.3 is 5.32 Å². The van der Waals surface area contributed by atoms with E-state index in [1.54, 1.807) is 48.8 Å². The van der Waals surface area contributed by atoms with Gasteiger partial charge in [0.1, 0.15) is 17.7 Å². The Labute approximate surface area is 207 Å². The number of benzene rings is 1. The molecule has 0 amide bonds. The zero-order chi connectivity index (χ0) is 24.9. The Hall–Kier alpha value is -4.30. The van der Waals surface area contributed by atoms with Crippen molar-refractivity contribution >= 4 is 32.7 Å². The van der Waals surface area contributed by atoms with Crippen molar-refractivity contribution in [3.63, 3.8) is 0 Å². The van der Waals surface area contributed by atoms with Crippen molar-refractivity contribution in [2.24, 2.45) is 0 Å². The molecular formula is C25H22N8O2S. The van der Waals surface area contributed by atoms with Gasteiger partial charge in [-0.25, -0.2) is 22.4 Å². The Morgan fingerprint density at radius 1 is 1.03 bits per heavy atom. The SMILES string of the molecule is Cc1ccc(S(=O)(=O)n2ccc3c2ncc2nnc([C@H]4CC[C@@H](Nc5ccc(C#N)cn5)C4)n23)cc1. The van der Waals surface area contributed by atoms with Crippen LogP contribution in [0.5, 0.6) is 0 Å². The highest BCUT2D eigenvalue weighted by Gasteiger charge is 2.31. The predicted molar refractivity (Wildman–Crippen MR) is 133 cm³/mol. The van der Waals surface area contributed by atoms with Gasteiger partial charge in [0.15, 0.2) is 11.3 Å². The molecule has 1 aliphatic rings. The van der Waals surface area contributed by atoms with Crippen LogP contribution in [0.4, 0.5) is 5.82 Å². The molecule has 0 radical (unpaired) electrons. The third-order valence-corrected chi connectivity index (χ3v) is 8.36. The molecule has 1 N–H and O–H groups in total. The smallest absolute Gasteiger partial charge is 0.269 e. The Kier molecular flexibility index (Phi) is 5.19. The molecule has 1 fully saturated rings. The quantitative estimate of drug-likeness (QED) is 0.389. The molecule has 1 saturated carbocycles. The zero-order valence-electron chi connectivity index (χ0n) is 19.4. The van der Waals surface area contributed by atoms with Gasteiger partial charge in [-0.3, -0.25) is 4.40 Å². The molecule has 6 rings (SSSR count).